The molecule has 0 fully saturated rings. The third-order valence-corrected chi connectivity index (χ3v) is 9.76. The lowest BCUT2D eigenvalue weighted by molar-refractivity contribution is 0.878. The first kappa shape index (κ1) is 24.5. The highest BCUT2D eigenvalue weighted by Crippen LogP contribution is 2.47. The number of benzene rings is 6. The van der Waals surface area contributed by atoms with Crippen LogP contribution in [0.4, 0.5) is 5.69 Å². The number of nitrogens with zero attached hydrogens (tertiary/aromatic N) is 4. The summed E-state index contributed by atoms with van der Waals surface area (Å²) >= 11 is 0. The molecule has 4 heterocycles. The second-order valence-corrected chi connectivity index (χ2v) is 12.1. The Balaban J connectivity index is 1.45. The quantitative estimate of drug-likeness (QED) is 0.178. The van der Waals surface area contributed by atoms with Gasteiger partial charge in [-0.05, 0) is 42.5 Å². The van der Waals surface area contributed by atoms with Crippen molar-refractivity contribution < 1.29 is 0 Å². The van der Waals surface area contributed by atoms with Crippen LogP contribution >= 0.6 is 0 Å². The van der Waals surface area contributed by atoms with Gasteiger partial charge in [0, 0.05) is 49.7 Å². The van der Waals surface area contributed by atoms with Crippen LogP contribution in [0.15, 0.2) is 126 Å². The number of hydrogen-bond acceptors (Lipinski definition) is 2. The van der Waals surface area contributed by atoms with Crippen LogP contribution < -0.4 is 0 Å². The Morgan fingerprint density at radius 1 is 0.622 bits per heavy atom. The number of fused-ring (bicyclic) bond motifs is 13. The van der Waals surface area contributed by atoms with Gasteiger partial charge in [0.25, 0.3) is 0 Å². The summed E-state index contributed by atoms with van der Waals surface area (Å²) in [5.74, 6) is 1.01. The molecule has 10 rings (SSSR count). The van der Waals surface area contributed by atoms with Crippen LogP contribution in [0.1, 0.15) is 24.8 Å². The van der Waals surface area contributed by atoms with Gasteiger partial charge >= 0.3 is 0 Å². The zero-order valence-corrected chi connectivity index (χ0v) is 24.5. The van der Waals surface area contributed by atoms with Crippen molar-refractivity contribution in [1.82, 2.24) is 8.97 Å². The molecule has 0 spiro atoms. The van der Waals surface area contributed by atoms with Crippen LogP contribution in [0.25, 0.3) is 76.2 Å². The van der Waals surface area contributed by atoms with E-state index in [1.54, 1.807) is 0 Å². The van der Waals surface area contributed by atoms with E-state index < -0.39 is 0 Å². The highest BCUT2D eigenvalue weighted by molar-refractivity contribution is 6.37. The zero-order valence-electron chi connectivity index (χ0n) is 24.5. The van der Waals surface area contributed by atoms with Gasteiger partial charge < -0.3 is 4.40 Å². The predicted molar refractivity (Wildman–Crippen MR) is 188 cm³/mol. The summed E-state index contributed by atoms with van der Waals surface area (Å²) < 4.78 is 4.93. The molecule has 210 valence electrons. The van der Waals surface area contributed by atoms with Gasteiger partial charge in [-0.3, -0.25) is 4.57 Å². The van der Waals surface area contributed by atoms with E-state index in [-0.39, 0.29) is 0 Å². The van der Waals surface area contributed by atoms with E-state index in [0.717, 1.165) is 41.9 Å². The molecule has 1 aliphatic rings. The molecule has 3 aromatic heterocycles. The molecule has 0 radical (unpaired) electrons. The summed E-state index contributed by atoms with van der Waals surface area (Å²) in [7, 11) is 0. The van der Waals surface area contributed by atoms with Crippen molar-refractivity contribution in [2.24, 2.45) is 4.99 Å². The van der Waals surface area contributed by atoms with Gasteiger partial charge in [0.05, 0.1) is 44.9 Å². The number of rotatable bonds is 0. The standard InChI is InChI=1S/C41H26N4/c42-24-26-12-2-10-20-37(43-34-17-7-4-13-27(26)34)44-35-18-8-5-15-29(35)32-23-33-30-16-6-9-19-36(30)45-39-28-14-3-1-11-25(28)21-22-31(39)38(40(32)44)41(33)45/h1,3-9,11-19,21-23H,2,10,20H2/b26-12+,43-37?. The molecule has 0 amide bonds. The molecule has 6 aromatic carbocycles. The van der Waals surface area contributed by atoms with E-state index in [1.807, 2.05) is 24.3 Å². The van der Waals surface area contributed by atoms with Crippen LogP contribution in [0.5, 0.6) is 0 Å². The molecule has 0 bridgehead atoms. The summed E-state index contributed by atoms with van der Waals surface area (Å²) in [4.78, 5) is 5.40. The first-order valence-corrected chi connectivity index (χ1v) is 15.6. The van der Waals surface area contributed by atoms with E-state index >= 15 is 0 Å². The topological polar surface area (TPSA) is 45.5 Å². The maximum atomic E-state index is 10.0. The van der Waals surface area contributed by atoms with Crippen LogP contribution in [0.3, 0.4) is 0 Å². The molecule has 0 atom stereocenters. The van der Waals surface area contributed by atoms with Crippen LogP contribution in [-0.2, 0) is 0 Å². The number of allylic oxidation sites excluding steroid dienone is 2. The summed E-state index contributed by atoms with van der Waals surface area (Å²) in [6.45, 7) is 0. The van der Waals surface area contributed by atoms with E-state index in [9.17, 15) is 5.26 Å². The summed E-state index contributed by atoms with van der Waals surface area (Å²) in [5, 5.41) is 20.0. The minimum Gasteiger partial charge on any atom is -0.307 e. The Hall–Kier alpha value is -5.92. The molecule has 45 heavy (non-hydrogen) atoms. The van der Waals surface area contributed by atoms with E-state index in [0.29, 0.717) is 5.57 Å². The largest absolute Gasteiger partial charge is 0.307 e. The first-order valence-electron chi connectivity index (χ1n) is 15.6. The van der Waals surface area contributed by atoms with Gasteiger partial charge in [-0.15, -0.1) is 0 Å². The third-order valence-electron chi connectivity index (χ3n) is 9.76. The average Bonchev–Trinajstić information content (AvgIpc) is 3.74. The number of aliphatic imine (C=N–C) groups is 1. The number of hydrogen-bond donors (Lipinski definition) is 0. The van der Waals surface area contributed by atoms with Gasteiger partial charge in [0.1, 0.15) is 5.84 Å². The van der Waals surface area contributed by atoms with Crippen LogP contribution in [0.2, 0.25) is 0 Å². The van der Waals surface area contributed by atoms with Crippen LogP contribution in [0, 0.1) is 11.3 Å². The lowest BCUT2D eigenvalue weighted by Gasteiger charge is -2.13. The van der Waals surface area contributed by atoms with Gasteiger partial charge in [-0.1, -0.05) is 97.1 Å². The lowest BCUT2D eigenvalue weighted by Crippen LogP contribution is -2.11. The number of nitriles is 1. The molecule has 0 saturated heterocycles. The summed E-state index contributed by atoms with van der Waals surface area (Å²) in [6.07, 6.45) is 4.60. The highest BCUT2D eigenvalue weighted by Gasteiger charge is 2.26. The van der Waals surface area contributed by atoms with Crippen molar-refractivity contribution in [1.29, 1.82) is 5.26 Å². The maximum absolute atomic E-state index is 10.0. The fraction of sp³-hybridized carbons (Fsp3) is 0.0732. The second-order valence-electron chi connectivity index (χ2n) is 12.1. The lowest BCUT2D eigenvalue weighted by atomic mass is 10.0. The molecular weight excluding hydrogens is 548 g/mol. The normalized spacial score (nSPS) is 15.4. The SMILES string of the molecule is N#C/C1=C\CCCC(n2c3ccccc3c3cc4c5ccccc5n5c6c7ccccc7ccc6c(c32)c45)=Nc2ccccc21. The molecule has 4 heteroatoms. The fourth-order valence-electron chi connectivity index (χ4n) is 7.90. The smallest absolute Gasteiger partial charge is 0.114 e. The number of aromatic nitrogens is 2. The molecular formula is C41H26N4. The predicted octanol–water partition coefficient (Wildman–Crippen LogP) is 10.8. The summed E-state index contributed by atoms with van der Waals surface area (Å²) in [6, 6.07) is 43.8. The van der Waals surface area contributed by atoms with Crippen molar-refractivity contribution in [3.63, 3.8) is 0 Å². The Morgan fingerprint density at radius 2 is 1.33 bits per heavy atom. The molecule has 4 nitrogen and oxygen atoms in total. The number of para-hydroxylation sites is 3. The fourth-order valence-corrected chi connectivity index (χ4v) is 7.90. The Morgan fingerprint density at radius 3 is 2.20 bits per heavy atom. The Kier molecular flexibility index (Phi) is 4.93. The minimum absolute atomic E-state index is 0.698. The zero-order chi connectivity index (χ0) is 29.6. The molecule has 9 aromatic rings. The van der Waals surface area contributed by atoms with Crippen molar-refractivity contribution in [3.8, 4) is 6.07 Å². The van der Waals surface area contributed by atoms with Gasteiger partial charge in [-0.25, -0.2) is 4.99 Å². The van der Waals surface area contributed by atoms with E-state index in [1.165, 1.54) is 65.2 Å². The van der Waals surface area contributed by atoms with E-state index in [2.05, 4.69) is 112 Å². The Labute approximate surface area is 258 Å². The molecule has 0 saturated carbocycles. The second kappa shape index (κ2) is 9.05. The average molecular weight is 575 g/mol. The highest BCUT2D eigenvalue weighted by atomic mass is 15.1. The van der Waals surface area contributed by atoms with Crippen LogP contribution in [-0.4, -0.2) is 14.8 Å². The Bertz CT molecular complexity index is 2800. The molecule has 0 unspecified atom stereocenters. The minimum atomic E-state index is 0.698. The van der Waals surface area contributed by atoms with Crippen molar-refractivity contribution >= 4 is 87.8 Å². The van der Waals surface area contributed by atoms with Crippen molar-refractivity contribution in [2.45, 2.75) is 19.3 Å². The summed E-state index contributed by atoms with van der Waals surface area (Å²) in [5.41, 5.74) is 8.53. The van der Waals surface area contributed by atoms with Gasteiger partial charge in [-0.2, -0.15) is 5.26 Å². The van der Waals surface area contributed by atoms with Gasteiger partial charge in [0.2, 0.25) is 0 Å². The molecule has 0 N–H and O–H groups in total. The molecule has 1 aliphatic heterocycles. The van der Waals surface area contributed by atoms with Gasteiger partial charge in [0.15, 0.2) is 0 Å². The molecule has 0 aliphatic carbocycles. The first-order chi connectivity index (χ1) is 22.3. The third kappa shape index (κ3) is 3.22. The van der Waals surface area contributed by atoms with Crippen molar-refractivity contribution in [3.05, 3.63) is 127 Å². The van der Waals surface area contributed by atoms with E-state index in [4.69, 9.17) is 4.99 Å². The van der Waals surface area contributed by atoms with Crippen molar-refractivity contribution in [2.75, 3.05) is 0 Å². The monoisotopic (exact) mass is 574 g/mol. The maximum Gasteiger partial charge on any atom is 0.114 e.